The highest BCUT2D eigenvalue weighted by Crippen LogP contribution is 2.13. The highest BCUT2D eigenvalue weighted by molar-refractivity contribution is 5.96. The number of rotatable bonds is 4. The lowest BCUT2D eigenvalue weighted by molar-refractivity contribution is -0.0675. The van der Waals surface area contributed by atoms with Crippen LogP contribution in [0.4, 0.5) is 8.78 Å². The van der Waals surface area contributed by atoms with E-state index in [1.807, 2.05) is 13.8 Å². The average Bonchev–Trinajstić information content (AvgIpc) is 2.33. The van der Waals surface area contributed by atoms with Crippen molar-refractivity contribution in [3.63, 3.8) is 0 Å². The first-order chi connectivity index (χ1) is 9.44. The van der Waals surface area contributed by atoms with Gasteiger partial charge in [0.1, 0.15) is 11.6 Å². The third-order valence-corrected chi connectivity index (χ3v) is 3.33. The smallest absolute Gasteiger partial charge is 0.164 e. The Morgan fingerprint density at radius 3 is 2.30 bits per heavy atom. The second kappa shape index (κ2) is 6.41. The molecule has 110 valence electrons. The van der Waals surface area contributed by atoms with Gasteiger partial charge in [-0.1, -0.05) is 0 Å². The fraction of sp³-hybridized carbons (Fsp3) is 0.533. The van der Waals surface area contributed by atoms with Crippen molar-refractivity contribution in [1.82, 2.24) is 4.90 Å². The van der Waals surface area contributed by atoms with Gasteiger partial charge >= 0.3 is 0 Å². The van der Waals surface area contributed by atoms with Crippen LogP contribution < -0.4 is 0 Å². The fourth-order valence-corrected chi connectivity index (χ4v) is 2.59. The number of morpholine rings is 1. The molecule has 1 aliphatic heterocycles. The number of Topliss-reactive ketones (excluding diaryl/α,β-unsaturated/α-hetero) is 1. The lowest BCUT2D eigenvalue weighted by Crippen LogP contribution is -2.46. The molecule has 0 aliphatic carbocycles. The Hall–Kier alpha value is -1.33. The first kappa shape index (κ1) is 15.1. The van der Waals surface area contributed by atoms with Crippen LogP contribution in [0.3, 0.4) is 0 Å². The maximum Gasteiger partial charge on any atom is 0.164 e. The predicted molar refractivity (Wildman–Crippen MR) is 71.8 cm³/mol. The van der Waals surface area contributed by atoms with Gasteiger partial charge in [-0.25, -0.2) is 8.78 Å². The number of carbonyl (C=O) groups excluding carboxylic acids is 1. The van der Waals surface area contributed by atoms with Crippen molar-refractivity contribution in [2.24, 2.45) is 0 Å². The predicted octanol–water partition coefficient (Wildman–Crippen LogP) is 2.65. The first-order valence-electron chi connectivity index (χ1n) is 6.81. The molecule has 2 atom stereocenters. The molecule has 2 rings (SSSR count). The lowest BCUT2D eigenvalue weighted by Gasteiger charge is -2.35. The Morgan fingerprint density at radius 2 is 1.75 bits per heavy atom. The van der Waals surface area contributed by atoms with Crippen LogP contribution in [0.5, 0.6) is 0 Å². The standard InChI is InChI=1S/C15H19F2NO2/c1-10-8-18(9-11(2)20-10)4-3-15(19)12-5-13(16)7-14(17)6-12/h5-7,10-11H,3-4,8-9H2,1-2H3. The maximum absolute atomic E-state index is 13.1. The summed E-state index contributed by atoms with van der Waals surface area (Å²) >= 11 is 0. The van der Waals surface area contributed by atoms with Crippen LogP contribution in [0.2, 0.25) is 0 Å². The van der Waals surface area contributed by atoms with Gasteiger partial charge in [0.25, 0.3) is 0 Å². The molecule has 0 spiro atoms. The highest BCUT2D eigenvalue weighted by Gasteiger charge is 2.22. The Balaban J connectivity index is 1.91. The van der Waals surface area contributed by atoms with E-state index in [2.05, 4.69) is 4.90 Å². The fourth-order valence-electron chi connectivity index (χ4n) is 2.59. The summed E-state index contributed by atoms with van der Waals surface area (Å²) in [6.45, 7) is 6.11. The zero-order valence-corrected chi connectivity index (χ0v) is 11.7. The van der Waals surface area contributed by atoms with Gasteiger partial charge in [0.15, 0.2) is 5.78 Å². The van der Waals surface area contributed by atoms with Crippen LogP contribution in [0.25, 0.3) is 0 Å². The highest BCUT2D eigenvalue weighted by atomic mass is 19.1. The molecule has 2 unspecified atom stereocenters. The summed E-state index contributed by atoms with van der Waals surface area (Å²) in [5, 5.41) is 0. The molecule has 20 heavy (non-hydrogen) atoms. The number of hydrogen-bond donors (Lipinski definition) is 0. The van der Waals surface area contributed by atoms with Crippen molar-refractivity contribution in [3.8, 4) is 0 Å². The van der Waals surface area contributed by atoms with Crippen molar-refractivity contribution in [2.75, 3.05) is 19.6 Å². The van der Waals surface area contributed by atoms with Gasteiger partial charge in [-0.2, -0.15) is 0 Å². The number of ketones is 1. The third-order valence-electron chi connectivity index (χ3n) is 3.33. The third kappa shape index (κ3) is 4.08. The lowest BCUT2D eigenvalue weighted by atomic mass is 10.1. The van der Waals surface area contributed by atoms with E-state index >= 15 is 0 Å². The van der Waals surface area contributed by atoms with E-state index in [4.69, 9.17) is 4.74 Å². The Kier molecular flexibility index (Phi) is 4.83. The number of carbonyl (C=O) groups is 1. The van der Waals surface area contributed by atoms with E-state index in [0.29, 0.717) is 6.54 Å². The van der Waals surface area contributed by atoms with Crippen LogP contribution in [-0.4, -0.2) is 42.5 Å². The van der Waals surface area contributed by atoms with E-state index in [1.54, 1.807) is 0 Å². The average molecular weight is 283 g/mol. The maximum atomic E-state index is 13.1. The summed E-state index contributed by atoms with van der Waals surface area (Å²) < 4.78 is 31.7. The molecular formula is C15H19F2NO2. The second-order valence-corrected chi connectivity index (χ2v) is 5.35. The van der Waals surface area contributed by atoms with Crippen LogP contribution >= 0.6 is 0 Å². The van der Waals surface area contributed by atoms with E-state index < -0.39 is 11.6 Å². The molecule has 1 aliphatic rings. The molecular weight excluding hydrogens is 264 g/mol. The number of ether oxygens (including phenoxy) is 1. The molecule has 1 fully saturated rings. The SMILES string of the molecule is CC1CN(CCC(=O)c2cc(F)cc(F)c2)CC(C)O1. The minimum absolute atomic E-state index is 0.0943. The van der Waals surface area contributed by atoms with Crippen molar-refractivity contribution in [3.05, 3.63) is 35.4 Å². The Labute approximate surface area is 117 Å². The molecule has 5 heteroatoms. The second-order valence-electron chi connectivity index (χ2n) is 5.35. The molecule has 1 heterocycles. The van der Waals surface area contributed by atoms with Crippen molar-refractivity contribution >= 4 is 5.78 Å². The zero-order chi connectivity index (χ0) is 14.7. The molecule has 1 aromatic carbocycles. The Morgan fingerprint density at radius 1 is 1.20 bits per heavy atom. The zero-order valence-electron chi connectivity index (χ0n) is 11.7. The molecule has 0 aromatic heterocycles. The van der Waals surface area contributed by atoms with Gasteiger partial charge in [-0.3, -0.25) is 9.69 Å². The van der Waals surface area contributed by atoms with Crippen molar-refractivity contribution in [2.45, 2.75) is 32.5 Å². The van der Waals surface area contributed by atoms with Gasteiger partial charge < -0.3 is 4.74 Å². The molecule has 0 saturated carbocycles. The van der Waals surface area contributed by atoms with Gasteiger partial charge in [0.2, 0.25) is 0 Å². The molecule has 3 nitrogen and oxygen atoms in total. The topological polar surface area (TPSA) is 29.5 Å². The monoisotopic (exact) mass is 283 g/mol. The molecule has 0 radical (unpaired) electrons. The quantitative estimate of drug-likeness (QED) is 0.796. The summed E-state index contributed by atoms with van der Waals surface area (Å²) in [5.41, 5.74) is 0.0943. The number of halogens is 2. The number of benzene rings is 1. The van der Waals surface area contributed by atoms with Gasteiger partial charge in [-0.15, -0.1) is 0 Å². The van der Waals surface area contributed by atoms with Gasteiger partial charge in [-0.05, 0) is 26.0 Å². The molecule has 1 saturated heterocycles. The summed E-state index contributed by atoms with van der Waals surface area (Å²) in [5.74, 6) is -1.68. The van der Waals surface area contributed by atoms with E-state index in [9.17, 15) is 13.6 Å². The van der Waals surface area contributed by atoms with Crippen LogP contribution in [0.15, 0.2) is 18.2 Å². The molecule has 0 N–H and O–H groups in total. The summed E-state index contributed by atoms with van der Waals surface area (Å²) in [4.78, 5) is 14.1. The van der Waals surface area contributed by atoms with Crippen molar-refractivity contribution in [1.29, 1.82) is 0 Å². The minimum atomic E-state index is -0.720. The largest absolute Gasteiger partial charge is 0.373 e. The summed E-state index contributed by atoms with van der Waals surface area (Å²) in [6.07, 6.45) is 0.531. The summed E-state index contributed by atoms with van der Waals surface area (Å²) in [7, 11) is 0. The normalized spacial score (nSPS) is 23.8. The molecule has 0 bridgehead atoms. The molecule has 1 aromatic rings. The number of nitrogens with zero attached hydrogens (tertiary/aromatic N) is 1. The Bertz CT molecular complexity index is 463. The minimum Gasteiger partial charge on any atom is -0.373 e. The van der Waals surface area contributed by atoms with Gasteiger partial charge in [0.05, 0.1) is 12.2 Å². The van der Waals surface area contributed by atoms with Crippen LogP contribution in [0.1, 0.15) is 30.6 Å². The number of hydrogen-bond acceptors (Lipinski definition) is 3. The van der Waals surface area contributed by atoms with Gasteiger partial charge in [0, 0.05) is 37.7 Å². The van der Waals surface area contributed by atoms with E-state index in [-0.39, 0.29) is 30.0 Å². The van der Waals surface area contributed by atoms with Crippen LogP contribution in [-0.2, 0) is 4.74 Å². The first-order valence-corrected chi connectivity index (χ1v) is 6.81. The summed E-state index contributed by atoms with van der Waals surface area (Å²) in [6, 6.07) is 2.92. The van der Waals surface area contributed by atoms with E-state index in [1.165, 1.54) is 0 Å². The van der Waals surface area contributed by atoms with E-state index in [0.717, 1.165) is 31.3 Å². The van der Waals surface area contributed by atoms with Crippen molar-refractivity contribution < 1.29 is 18.3 Å². The molecule has 0 amide bonds. The van der Waals surface area contributed by atoms with Crippen LogP contribution in [0, 0.1) is 11.6 Å².